The van der Waals surface area contributed by atoms with Gasteiger partial charge in [-0.2, -0.15) is 0 Å². The average molecular weight is 230 g/mol. The molecule has 6 heteroatoms. The lowest BCUT2D eigenvalue weighted by molar-refractivity contribution is -0.143. The van der Waals surface area contributed by atoms with Crippen molar-refractivity contribution in [3.8, 4) is 0 Å². The third-order valence-electron chi connectivity index (χ3n) is 1.97. The summed E-state index contributed by atoms with van der Waals surface area (Å²) in [5.41, 5.74) is 0. The van der Waals surface area contributed by atoms with Crippen LogP contribution in [-0.4, -0.2) is 47.9 Å². The Morgan fingerprint density at radius 1 is 1.25 bits per heavy atom. The predicted molar refractivity (Wildman–Crippen MR) is 57.8 cm³/mol. The summed E-state index contributed by atoms with van der Waals surface area (Å²) in [6.45, 7) is 2.09. The standard InChI is InChI=1S/C10H18N2O4/c1-3-11-8(13)5-4-6-9(14)12(2)7-10(15)16/h3-7H2,1-2H3,(H,11,13)(H,15,16). The molecule has 0 bridgehead atoms. The number of carboxylic acids is 1. The summed E-state index contributed by atoms with van der Waals surface area (Å²) in [5, 5.41) is 11.1. The van der Waals surface area contributed by atoms with Crippen LogP contribution in [0.3, 0.4) is 0 Å². The van der Waals surface area contributed by atoms with Crippen molar-refractivity contribution in [1.29, 1.82) is 0 Å². The zero-order valence-corrected chi connectivity index (χ0v) is 9.65. The van der Waals surface area contributed by atoms with Gasteiger partial charge in [-0.25, -0.2) is 0 Å². The molecule has 92 valence electrons. The van der Waals surface area contributed by atoms with Gasteiger partial charge in [0.05, 0.1) is 0 Å². The van der Waals surface area contributed by atoms with E-state index < -0.39 is 5.97 Å². The van der Waals surface area contributed by atoms with Crippen LogP contribution in [0.1, 0.15) is 26.2 Å². The van der Waals surface area contributed by atoms with Gasteiger partial charge < -0.3 is 15.3 Å². The minimum absolute atomic E-state index is 0.0869. The van der Waals surface area contributed by atoms with E-state index in [-0.39, 0.29) is 24.8 Å². The molecule has 0 radical (unpaired) electrons. The molecule has 0 spiro atoms. The molecule has 0 aromatic carbocycles. The third-order valence-corrected chi connectivity index (χ3v) is 1.97. The quantitative estimate of drug-likeness (QED) is 0.636. The molecule has 0 saturated carbocycles. The van der Waals surface area contributed by atoms with E-state index >= 15 is 0 Å². The molecule has 0 atom stereocenters. The topological polar surface area (TPSA) is 86.7 Å². The van der Waals surface area contributed by atoms with Crippen molar-refractivity contribution in [2.75, 3.05) is 20.1 Å². The fourth-order valence-corrected chi connectivity index (χ4v) is 1.17. The molecule has 0 rings (SSSR count). The van der Waals surface area contributed by atoms with Crippen molar-refractivity contribution in [1.82, 2.24) is 10.2 Å². The Bertz CT molecular complexity index is 266. The number of hydrogen-bond donors (Lipinski definition) is 2. The summed E-state index contributed by atoms with van der Waals surface area (Å²) in [5.74, 6) is -1.39. The Balaban J connectivity index is 3.72. The number of rotatable bonds is 7. The number of carboxylic acid groups (broad SMARTS) is 1. The predicted octanol–water partition coefficient (Wildman–Crippen LogP) is -0.164. The van der Waals surface area contributed by atoms with E-state index in [1.165, 1.54) is 7.05 Å². The molecule has 2 amide bonds. The number of aliphatic carboxylic acids is 1. The average Bonchev–Trinajstić information content (AvgIpc) is 2.16. The van der Waals surface area contributed by atoms with E-state index in [1.54, 1.807) is 0 Å². The largest absolute Gasteiger partial charge is 0.480 e. The number of carbonyl (C=O) groups is 3. The summed E-state index contributed by atoms with van der Waals surface area (Å²) in [7, 11) is 1.43. The zero-order chi connectivity index (χ0) is 12.6. The van der Waals surface area contributed by atoms with Crippen LogP contribution in [-0.2, 0) is 14.4 Å². The number of nitrogens with one attached hydrogen (secondary N) is 1. The molecule has 0 fully saturated rings. The molecule has 0 saturated heterocycles. The van der Waals surface area contributed by atoms with Crippen molar-refractivity contribution in [2.45, 2.75) is 26.2 Å². The summed E-state index contributed by atoms with van der Waals surface area (Å²) < 4.78 is 0. The molecule has 0 aliphatic heterocycles. The summed E-state index contributed by atoms with van der Waals surface area (Å²) in [6.07, 6.45) is 0.927. The van der Waals surface area contributed by atoms with E-state index in [0.717, 1.165) is 4.90 Å². The smallest absolute Gasteiger partial charge is 0.323 e. The molecule has 0 heterocycles. The fourth-order valence-electron chi connectivity index (χ4n) is 1.17. The van der Waals surface area contributed by atoms with E-state index in [0.29, 0.717) is 19.4 Å². The number of nitrogens with zero attached hydrogens (tertiary/aromatic N) is 1. The highest BCUT2D eigenvalue weighted by atomic mass is 16.4. The molecular weight excluding hydrogens is 212 g/mol. The molecule has 6 nitrogen and oxygen atoms in total. The van der Waals surface area contributed by atoms with Gasteiger partial charge in [-0.05, 0) is 13.3 Å². The maximum atomic E-state index is 11.3. The zero-order valence-electron chi connectivity index (χ0n) is 9.65. The molecule has 0 aromatic rings. The van der Waals surface area contributed by atoms with Crippen LogP contribution in [0.15, 0.2) is 0 Å². The van der Waals surface area contributed by atoms with Gasteiger partial charge >= 0.3 is 5.97 Å². The molecule has 2 N–H and O–H groups in total. The lowest BCUT2D eigenvalue weighted by Crippen LogP contribution is -2.32. The monoisotopic (exact) mass is 230 g/mol. The summed E-state index contributed by atoms with van der Waals surface area (Å²) >= 11 is 0. The molecule has 0 unspecified atom stereocenters. The van der Waals surface area contributed by atoms with Crippen molar-refractivity contribution in [3.63, 3.8) is 0 Å². The second kappa shape index (κ2) is 7.67. The normalized spacial score (nSPS) is 9.62. The molecule has 0 aliphatic rings. The van der Waals surface area contributed by atoms with Gasteiger partial charge in [0.15, 0.2) is 0 Å². The van der Waals surface area contributed by atoms with E-state index in [9.17, 15) is 14.4 Å². The maximum absolute atomic E-state index is 11.3. The molecule has 0 aromatic heterocycles. The van der Waals surface area contributed by atoms with Crippen molar-refractivity contribution in [2.24, 2.45) is 0 Å². The van der Waals surface area contributed by atoms with Crippen LogP contribution in [0.2, 0.25) is 0 Å². The highest BCUT2D eigenvalue weighted by Crippen LogP contribution is 1.99. The third kappa shape index (κ3) is 6.80. The van der Waals surface area contributed by atoms with Crippen LogP contribution < -0.4 is 5.32 Å². The van der Waals surface area contributed by atoms with Crippen molar-refractivity contribution >= 4 is 17.8 Å². The lowest BCUT2D eigenvalue weighted by atomic mass is 10.2. The number of carbonyl (C=O) groups excluding carboxylic acids is 2. The van der Waals surface area contributed by atoms with Crippen LogP contribution in [0.5, 0.6) is 0 Å². The summed E-state index contributed by atoms with van der Waals surface area (Å²) in [6, 6.07) is 0. The van der Waals surface area contributed by atoms with Crippen molar-refractivity contribution < 1.29 is 19.5 Å². The molecule has 16 heavy (non-hydrogen) atoms. The lowest BCUT2D eigenvalue weighted by Gasteiger charge is -2.13. The molecular formula is C10H18N2O4. The van der Waals surface area contributed by atoms with E-state index in [2.05, 4.69) is 5.32 Å². The van der Waals surface area contributed by atoms with Gasteiger partial charge in [0.1, 0.15) is 6.54 Å². The Hall–Kier alpha value is -1.59. The first-order chi connectivity index (χ1) is 7.47. The second-order valence-corrected chi connectivity index (χ2v) is 3.45. The van der Waals surface area contributed by atoms with Gasteiger partial charge in [-0.1, -0.05) is 0 Å². The van der Waals surface area contributed by atoms with Crippen LogP contribution in [0.4, 0.5) is 0 Å². The fraction of sp³-hybridized carbons (Fsp3) is 0.700. The minimum Gasteiger partial charge on any atom is -0.480 e. The maximum Gasteiger partial charge on any atom is 0.323 e. The first-order valence-corrected chi connectivity index (χ1v) is 5.19. The molecule has 0 aliphatic carbocycles. The first-order valence-electron chi connectivity index (χ1n) is 5.19. The van der Waals surface area contributed by atoms with Crippen LogP contribution in [0.25, 0.3) is 0 Å². The highest BCUT2D eigenvalue weighted by Gasteiger charge is 2.12. The minimum atomic E-state index is -1.04. The van der Waals surface area contributed by atoms with E-state index in [4.69, 9.17) is 5.11 Å². The highest BCUT2D eigenvalue weighted by molar-refractivity contribution is 5.81. The Morgan fingerprint density at radius 2 is 1.88 bits per heavy atom. The van der Waals surface area contributed by atoms with Crippen LogP contribution in [0, 0.1) is 0 Å². The van der Waals surface area contributed by atoms with Gasteiger partial charge in [0.2, 0.25) is 11.8 Å². The number of likely N-dealkylation sites (N-methyl/N-ethyl adjacent to an activating group) is 1. The van der Waals surface area contributed by atoms with Gasteiger partial charge in [0.25, 0.3) is 0 Å². The SMILES string of the molecule is CCNC(=O)CCCC(=O)N(C)CC(=O)O. The number of amides is 2. The number of hydrogen-bond acceptors (Lipinski definition) is 3. The van der Waals surface area contributed by atoms with Crippen LogP contribution >= 0.6 is 0 Å². The Labute approximate surface area is 94.6 Å². The second-order valence-electron chi connectivity index (χ2n) is 3.45. The van der Waals surface area contributed by atoms with E-state index in [1.807, 2.05) is 6.92 Å². The van der Waals surface area contributed by atoms with Gasteiger partial charge in [-0.3, -0.25) is 14.4 Å². The Morgan fingerprint density at radius 3 is 2.38 bits per heavy atom. The first kappa shape index (κ1) is 14.4. The van der Waals surface area contributed by atoms with Gasteiger partial charge in [0, 0.05) is 26.4 Å². The van der Waals surface area contributed by atoms with Crippen molar-refractivity contribution in [3.05, 3.63) is 0 Å². The van der Waals surface area contributed by atoms with Gasteiger partial charge in [-0.15, -0.1) is 0 Å². The summed E-state index contributed by atoms with van der Waals surface area (Å²) in [4.78, 5) is 33.9. The Kier molecular flexibility index (Phi) is 6.91.